The van der Waals surface area contributed by atoms with E-state index in [1.54, 1.807) is 0 Å². The summed E-state index contributed by atoms with van der Waals surface area (Å²) in [6.07, 6.45) is 9.71. The first-order valence-electron chi connectivity index (χ1n) is 5.34. The number of hydrogen-bond acceptors (Lipinski definition) is 3. The maximum Gasteiger partial charge on any atom is 0.155 e. The van der Waals surface area contributed by atoms with Crippen LogP contribution >= 0.6 is 11.6 Å². The summed E-state index contributed by atoms with van der Waals surface area (Å²) < 4.78 is 5.47. The Hall–Kier alpha value is -1.53. The highest BCUT2D eigenvalue weighted by Gasteiger charge is 2.39. The van der Waals surface area contributed by atoms with Gasteiger partial charge in [0.15, 0.2) is 5.17 Å². The highest BCUT2D eigenvalue weighted by Crippen LogP contribution is 2.42. The number of halogens is 1. The van der Waals surface area contributed by atoms with Crippen molar-refractivity contribution in [2.45, 2.75) is 20.3 Å². The molecule has 1 aliphatic heterocycles. The summed E-state index contributed by atoms with van der Waals surface area (Å²) in [5.41, 5.74) is 1.68. The smallest absolute Gasteiger partial charge is 0.155 e. The van der Waals surface area contributed by atoms with E-state index in [-0.39, 0.29) is 12.0 Å². The van der Waals surface area contributed by atoms with Crippen molar-refractivity contribution in [1.82, 2.24) is 0 Å². The minimum Gasteiger partial charge on any atom is -0.485 e. The second kappa shape index (κ2) is 4.38. The lowest BCUT2D eigenvalue weighted by atomic mass is 9.72. The van der Waals surface area contributed by atoms with Crippen molar-refractivity contribution in [3.63, 3.8) is 0 Å². The first-order valence-corrected chi connectivity index (χ1v) is 5.72. The molecule has 0 fully saturated rings. The van der Waals surface area contributed by atoms with E-state index in [0.717, 1.165) is 17.0 Å². The minimum atomic E-state index is -0.239. The zero-order valence-electron chi connectivity index (χ0n) is 9.83. The standard InChI is InChI=1S/C13H13ClN2O/c1-4-7-17-10-5-6-11-12(14)16-15-9(2)13(11,3)8-10/h1,5-6H,7-8H2,2-3H3. The quantitative estimate of drug-likeness (QED) is 0.692. The number of rotatable bonds is 2. The summed E-state index contributed by atoms with van der Waals surface area (Å²) in [4.78, 5) is 0. The van der Waals surface area contributed by atoms with Crippen molar-refractivity contribution in [1.29, 1.82) is 0 Å². The Morgan fingerprint density at radius 3 is 3.00 bits per heavy atom. The first-order chi connectivity index (χ1) is 8.08. The zero-order valence-corrected chi connectivity index (χ0v) is 10.6. The third-order valence-corrected chi connectivity index (χ3v) is 3.49. The van der Waals surface area contributed by atoms with Crippen molar-refractivity contribution in [2.75, 3.05) is 6.61 Å². The van der Waals surface area contributed by atoms with Crippen molar-refractivity contribution in [3.8, 4) is 12.3 Å². The monoisotopic (exact) mass is 248 g/mol. The van der Waals surface area contributed by atoms with Crippen LogP contribution in [0.15, 0.2) is 33.7 Å². The lowest BCUT2D eigenvalue weighted by molar-refractivity contribution is 0.224. The van der Waals surface area contributed by atoms with Crippen molar-refractivity contribution in [3.05, 3.63) is 23.5 Å². The predicted molar refractivity (Wildman–Crippen MR) is 70.1 cm³/mol. The third kappa shape index (κ3) is 2.01. The summed E-state index contributed by atoms with van der Waals surface area (Å²) in [6, 6.07) is 0. The minimum absolute atomic E-state index is 0.239. The lowest BCUT2D eigenvalue weighted by Crippen LogP contribution is -2.35. The molecule has 3 nitrogen and oxygen atoms in total. The Kier molecular flexibility index (Phi) is 3.08. The molecule has 4 heteroatoms. The molecule has 0 aromatic carbocycles. The molecule has 0 spiro atoms. The van der Waals surface area contributed by atoms with E-state index in [0.29, 0.717) is 11.6 Å². The number of nitrogens with zero attached hydrogens (tertiary/aromatic N) is 2. The molecule has 1 atom stereocenters. The van der Waals surface area contributed by atoms with E-state index in [1.807, 2.05) is 19.1 Å². The van der Waals surface area contributed by atoms with E-state index >= 15 is 0 Å². The van der Waals surface area contributed by atoms with Crippen LogP contribution in [0.5, 0.6) is 0 Å². The second-order valence-corrected chi connectivity index (χ2v) is 4.65. The zero-order chi connectivity index (χ0) is 12.5. The summed E-state index contributed by atoms with van der Waals surface area (Å²) >= 11 is 6.07. The average Bonchev–Trinajstić information content (AvgIpc) is 2.31. The third-order valence-electron chi connectivity index (χ3n) is 3.21. The van der Waals surface area contributed by atoms with Crippen LogP contribution in [0.1, 0.15) is 20.3 Å². The van der Waals surface area contributed by atoms with Gasteiger partial charge in [-0.15, -0.1) is 11.5 Å². The van der Waals surface area contributed by atoms with E-state index in [2.05, 4.69) is 23.0 Å². The molecule has 2 aliphatic rings. The van der Waals surface area contributed by atoms with Crippen LogP contribution in [-0.2, 0) is 4.74 Å². The number of hydrogen-bond donors (Lipinski definition) is 0. The topological polar surface area (TPSA) is 34.0 Å². The van der Waals surface area contributed by atoms with E-state index in [1.165, 1.54) is 0 Å². The van der Waals surface area contributed by atoms with Gasteiger partial charge in [0.05, 0.1) is 5.76 Å². The van der Waals surface area contributed by atoms with Gasteiger partial charge in [0.25, 0.3) is 0 Å². The fourth-order valence-corrected chi connectivity index (χ4v) is 2.31. The van der Waals surface area contributed by atoms with Gasteiger partial charge in [0.1, 0.15) is 6.61 Å². The molecule has 2 rings (SSSR count). The Labute approximate surface area is 106 Å². The van der Waals surface area contributed by atoms with Crippen LogP contribution in [0.3, 0.4) is 0 Å². The van der Waals surface area contributed by atoms with Gasteiger partial charge in [-0.25, -0.2) is 0 Å². The average molecular weight is 249 g/mol. The molecule has 0 aromatic rings. The molecule has 0 bridgehead atoms. The van der Waals surface area contributed by atoms with Crippen molar-refractivity contribution < 1.29 is 4.74 Å². The SMILES string of the molecule is C#CCOC1=CC=C2C(Cl)=NN=C(C)C2(C)C1. The van der Waals surface area contributed by atoms with Gasteiger partial charge in [-0.1, -0.05) is 23.6 Å². The Morgan fingerprint density at radius 1 is 1.53 bits per heavy atom. The van der Waals surface area contributed by atoms with Gasteiger partial charge in [-0.2, -0.15) is 5.10 Å². The molecule has 0 saturated heterocycles. The van der Waals surface area contributed by atoms with Gasteiger partial charge < -0.3 is 4.74 Å². The van der Waals surface area contributed by atoms with Crippen LogP contribution in [0.4, 0.5) is 0 Å². The Balaban J connectivity index is 2.33. The summed E-state index contributed by atoms with van der Waals surface area (Å²) in [7, 11) is 0. The fourth-order valence-electron chi connectivity index (χ4n) is 2.00. The van der Waals surface area contributed by atoms with Gasteiger partial charge in [0, 0.05) is 23.1 Å². The van der Waals surface area contributed by atoms with E-state index < -0.39 is 0 Å². The predicted octanol–water partition coefficient (Wildman–Crippen LogP) is 2.88. The van der Waals surface area contributed by atoms with Gasteiger partial charge >= 0.3 is 0 Å². The molecule has 0 aromatic heterocycles. The van der Waals surface area contributed by atoms with Crippen LogP contribution in [0.2, 0.25) is 0 Å². The molecule has 17 heavy (non-hydrogen) atoms. The molecule has 0 saturated carbocycles. The molecule has 1 aliphatic carbocycles. The lowest BCUT2D eigenvalue weighted by Gasteiger charge is -2.35. The highest BCUT2D eigenvalue weighted by molar-refractivity contribution is 6.70. The molecule has 0 N–H and O–H groups in total. The van der Waals surface area contributed by atoms with E-state index in [4.69, 9.17) is 22.8 Å². The Bertz CT molecular complexity index is 508. The molecular formula is C13H13ClN2O. The highest BCUT2D eigenvalue weighted by atomic mass is 35.5. The van der Waals surface area contributed by atoms with Crippen LogP contribution in [-0.4, -0.2) is 17.5 Å². The largest absolute Gasteiger partial charge is 0.485 e. The summed E-state index contributed by atoms with van der Waals surface area (Å²) in [5, 5.41) is 8.47. The fraction of sp³-hybridized carbons (Fsp3) is 0.385. The van der Waals surface area contributed by atoms with Gasteiger partial charge in [-0.05, 0) is 19.9 Å². The normalized spacial score (nSPS) is 26.9. The number of ether oxygens (including phenoxy) is 1. The molecule has 1 heterocycles. The van der Waals surface area contributed by atoms with Crippen LogP contribution < -0.4 is 0 Å². The molecule has 0 amide bonds. The maximum atomic E-state index is 6.07. The van der Waals surface area contributed by atoms with Crippen molar-refractivity contribution >= 4 is 22.5 Å². The maximum absolute atomic E-state index is 6.07. The molecular weight excluding hydrogens is 236 g/mol. The van der Waals surface area contributed by atoms with E-state index in [9.17, 15) is 0 Å². The second-order valence-electron chi connectivity index (χ2n) is 4.29. The van der Waals surface area contributed by atoms with Crippen LogP contribution in [0, 0.1) is 17.8 Å². The number of allylic oxidation sites excluding steroid dienone is 4. The number of fused-ring (bicyclic) bond motifs is 1. The first kappa shape index (κ1) is 11.9. The summed E-state index contributed by atoms with van der Waals surface area (Å²) in [5.74, 6) is 3.31. The van der Waals surface area contributed by atoms with Gasteiger partial charge in [0.2, 0.25) is 0 Å². The number of terminal acetylenes is 1. The molecule has 0 radical (unpaired) electrons. The van der Waals surface area contributed by atoms with Crippen LogP contribution in [0.25, 0.3) is 0 Å². The summed E-state index contributed by atoms with van der Waals surface area (Å²) in [6.45, 7) is 4.31. The van der Waals surface area contributed by atoms with Crippen molar-refractivity contribution in [2.24, 2.45) is 15.6 Å². The molecule has 88 valence electrons. The molecule has 1 unspecified atom stereocenters. The van der Waals surface area contributed by atoms with Gasteiger partial charge in [-0.3, -0.25) is 0 Å². The Morgan fingerprint density at radius 2 is 2.29 bits per heavy atom.